The fourth-order valence-corrected chi connectivity index (χ4v) is 2.75. The molecule has 116 valence electrons. The predicted molar refractivity (Wildman–Crippen MR) is 79.7 cm³/mol. The minimum absolute atomic E-state index is 0.0615. The molecule has 0 aliphatic rings. The van der Waals surface area contributed by atoms with E-state index >= 15 is 0 Å². The van der Waals surface area contributed by atoms with Crippen molar-refractivity contribution < 1.29 is 19.5 Å². The van der Waals surface area contributed by atoms with Gasteiger partial charge in [-0.3, -0.25) is 9.59 Å². The van der Waals surface area contributed by atoms with Crippen molar-refractivity contribution in [3.8, 4) is 0 Å². The van der Waals surface area contributed by atoms with Crippen molar-refractivity contribution in [2.24, 2.45) is 0 Å². The molecule has 2 N–H and O–H groups in total. The molecule has 0 heterocycles. The van der Waals surface area contributed by atoms with Crippen LogP contribution in [0.2, 0.25) is 0 Å². The van der Waals surface area contributed by atoms with Gasteiger partial charge in [0.05, 0.1) is 5.25 Å². The topological polar surface area (TPSA) is 86.7 Å². The summed E-state index contributed by atoms with van der Waals surface area (Å²) in [7, 11) is 0. The Morgan fingerprint density at radius 2 is 1.80 bits per heavy atom. The lowest BCUT2D eigenvalue weighted by molar-refractivity contribution is -0.141. The number of hydrogen-bond acceptors (Lipinski definition) is 4. The van der Waals surface area contributed by atoms with E-state index in [1.165, 1.54) is 18.7 Å². The lowest BCUT2D eigenvalue weighted by Crippen LogP contribution is -2.40. The fourth-order valence-electron chi connectivity index (χ4n) is 1.73. The molecule has 0 aromatic rings. The van der Waals surface area contributed by atoms with E-state index in [0.29, 0.717) is 25.3 Å². The number of amides is 2. The first-order valence-corrected chi connectivity index (χ1v) is 7.78. The second-order valence-corrected chi connectivity index (χ2v) is 5.85. The number of rotatable bonds is 9. The van der Waals surface area contributed by atoms with Crippen LogP contribution in [0, 0.1) is 0 Å². The Kier molecular flexibility index (Phi) is 9.03. The maximum atomic E-state index is 12.0. The number of thioether (sulfide) groups is 1. The SMILES string of the molecule is CCN(CC)C(=O)C(C)SCCC(NC(C)=O)C(=O)O. The van der Waals surface area contributed by atoms with Crippen LogP contribution >= 0.6 is 11.8 Å². The molecule has 0 saturated carbocycles. The second kappa shape index (κ2) is 9.63. The van der Waals surface area contributed by atoms with Gasteiger partial charge in [-0.15, -0.1) is 11.8 Å². The average molecular weight is 304 g/mol. The first-order chi connectivity index (χ1) is 9.33. The van der Waals surface area contributed by atoms with Gasteiger partial charge < -0.3 is 15.3 Å². The quantitative estimate of drug-likeness (QED) is 0.662. The first-order valence-electron chi connectivity index (χ1n) is 6.73. The largest absolute Gasteiger partial charge is 0.480 e. The summed E-state index contributed by atoms with van der Waals surface area (Å²) in [6.07, 6.45) is 0.301. The van der Waals surface area contributed by atoms with Crippen LogP contribution in [0.1, 0.15) is 34.1 Å². The predicted octanol–water partition coefficient (Wildman–Crippen LogP) is 0.956. The highest BCUT2D eigenvalue weighted by molar-refractivity contribution is 8.00. The van der Waals surface area contributed by atoms with Gasteiger partial charge in [0.1, 0.15) is 6.04 Å². The highest BCUT2D eigenvalue weighted by Crippen LogP contribution is 2.15. The summed E-state index contributed by atoms with van der Waals surface area (Å²) in [6.45, 7) is 8.30. The van der Waals surface area contributed by atoms with E-state index in [1.807, 2.05) is 20.8 Å². The lowest BCUT2D eigenvalue weighted by Gasteiger charge is -2.23. The monoisotopic (exact) mass is 304 g/mol. The van der Waals surface area contributed by atoms with Gasteiger partial charge in [0.15, 0.2) is 0 Å². The smallest absolute Gasteiger partial charge is 0.326 e. The molecule has 0 aliphatic carbocycles. The van der Waals surface area contributed by atoms with E-state index in [-0.39, 0.29) is 17.1 Å². The number of nitrogens with zero attached hydrogens (tertiary/aromatic N) is 1. The average Bonchev–Trinajstić information content (AvgIpc) is 2.37. The van der Waals surface area contributed by atoms with Crippen molar-refractivity contribution in [2.45, 2.75) is 45.4 Å². The molecule has 6 nitrogen and oxygen atoms in total. The Balaban J connectivity index is 4.23. The van der Waals surface area contributed by atoms with Gasteiger partial charge in [-0.05, 0) is 32.9 Å². The van der Waals surface area contributed by atoms with Gasteiger partial charge in [-0.1, -0.05) is 0 Å². The molecular weight excluding hydrogens is 280 g/mol. The van der Waals surface area contributed by atoms with Crippen LogP contribution in [-0.2, 0) is 14.4 Å². The highest BCUT2D eigenvalue weighted by Gasteiger charge is 2.21. The molecule has 0 saturated heterocycles. The molecule has 2 unspecified atom stereocenters. The van der Waals surface area contributed by atoms with Crippen LogP contribution in [0.15, 0.2) is 0 Å². The summed E-state index contributed by atoms with van der Waals surface area (Å²) in [4.78, 5) is 35.6. The molecule has 0 rings (SSSR count). The molecule has 0 radical (unpaired) electrons. The Morgan fingerprint density at radius 3 is 2.20 bits per heavy atom. The number of carbonyl (C=O) groups excluding carboxylic acids is 2. The molecule has 0 aromatic carbocycles. The van der Waals surface area contributed by atoms with E-state index in [0.717, 1.165) is 0 Å². The summed E-state index contributed by atoms with van der Waals surface area (Å²) < 4.78 is 0. The Bertz CT molecular complexity index is 345. The maximum absolute atomic E-state index is 12.0. The van der Waals surface area contributed by atoms with Crippen LogP contribution in [0.4, 0.5) is 0 Å². The Morgan fingerprint density at radius 1 is 1.25 bits per heavy atom. The Labute approximate surface area is 124 Å². The molecule has 0 aliphatic heterocycles. The van der Waals surface area contributed by atoms with E-state index in [9.17, 15) is 14.4 Å². The van der Waals surface area contributed by atoms with E-state index in [2.05, 4.69) is 5.32 Å². The minimum Gasteiger partial charge on any atom is -0.480 e. The van der Waals surface area contributed by atoms with Crippen molar-refractivity contribution in [3.05, 3.63) is 0 Å². The minimum atomic E-state index is -1.05. The van der Waals surface area contributed by atoms with Crippen LogP contribution in [0.5, 0.6) is 0 Å². The standard InChI is InChI=1S/C13H24N2O4S/c1-5-15(6-2)12(17)9(3)20-8-7-11(13(18)19)14-10(4)16/h9,11H,5-8H2,1-4H3,(H,14,16)(H,18,19). The number of carboxylic acids is 1. The molecule has 2 amide bonds. The van der Waals surface area contributed by atoms with Crippen molar-refractivity contribution >= 4 is 29.5 Å². The number of carbonyl (C=O) groups is 3. The third kappa shape index (κ3) is 6.79. The molecule has 0 aromatic heterocycles. The zero-order valence-corrected chi connectivity index (χ0v) is 13.3. The van der Waals surface area contributed by atoms with Crippen molar-refractivity contribution in [2.75, 3.05) is 18.8 Å². The van der Waals surface area contributed by atoms with E-state index in [1.54, 1.807) is 4.90 Å². The molecule has 0 spiro atoms. The summed E-state index contributed by atoms with van der Waals surface area (Å²) in [5.74, 6) is -0.851. The third-order valence-corrected chi connectivity index (χ3v) is 4.05. The molecule has 7 heteroatoms. The summed E-state index contributed by atoms with van der Waals surface area (Å²) in [6, 6.07) is -0.893. The van der Waals surface area contributed by atoms with Gasteiger partial charge in [-0.25, -0.2) is 4.79 Å². The molecule has 2 atom stereocenters. The van der Waals surface area contributed by atoms with Gasteiger partial charge >= 0.3 is 5.97 Å². The van der Waals surface area contributed by atoms with E-state index < -0.39 is 12.0 Å². The Hall–Kier alpha value is -1.24. The summed E-state index contributed by atoms with van der Waals surface area (Å²) >= 11 is 1.41. The second-order valence-electron chi connectivity index (χ2n) is 4.40. The van der Waals surface area contributed by atoms with Gasteiger partial charge in [0.25, 0.3) is 0 Å². The highest BCUT2D eigenvalue weighted by atomic mass is 32.2. The van der Waals surface area contributed by atoms with Gasteiger partial charge in [0.2, 0.25) is 11.8 Å². The van der Waals surface area contributed by atoms with Crippen LogP contribution < -0.4 is 5.32 Å². The van der Waals surface area contributed by atoms with Gasteiger partial charge in [-0.2, -0.15) is 0 Å². The zero-order valence-electron chi connectivity index (χ0n) is 12.5. The normalized spacial score (nSPS) is 13.4. The molecule has 0 fully saturated rings. The summed E-state index contributed by atoms with van der Waals surface area (Å²) in [5.41, 5.74) is 0. The van der Waals surface area contributed by atoms with Crippen LogP contribution in [-0.4, -0.2) is 57.9 Å². The number of aliphatic carboxylic acids is 1. The molecule has 0 bridgehead atoms. The zero-order chi connectivity index (χ0) is 15.7. The van der Waals surface area contributed by atoms with Crippen molar-refractivity contribution in [1.82, 2.24) is 10.2 Å². The lowest BCUT2D eigenvalue weighted by atomic mass is 10.2. The number of hydrogen-bond donors (Lipinski definition) is 2. The van der Waals surface area contributed by atoms with Gasteiger partial charge in [0, 0.05) is 20.0 Å². The maximum Gasteiger partial charge on any atom is 0.326 e. The van der Waals surface area contributed by atoms with Crippen LogP contribution in [0.25, 0.3) is 0 Å². The number of nitrogens with one attached hydrogen (secondary N) is 1. The van der Waals surface area contributed by atoms with Crippen molar-refractivity contribution in [1.29, 1.82) is 0 Å². The third-order valence-electron chi connectivity index (χ3n) is 2.87. The van der Waals surface area contributed by atoms with Crippen molar-refractivity contribution in [3.63, 3.8) is 0 Å². The number of carboxylic acid groups (broad SMARTS) is 1. The molecule has 20 heavy (non-hydrogen) atoms. The molecular formula is C13H24N2O4S. The first kappa shape index (κ1) is 18.8. The van der Waals surface area contributed by atoms with Crippen LogP contribution in [0.3, 0.4) is 0 Å². The van der Waals surface area contributed by atoms with E-state index in [4.69, 9.17) is 5.11 Å². The fraction of sp³-hybridized carbons (Fsp3) is 0.769. The summed E-state index contributed by atoms with van der Waals surface area (Å²) in [5, 5.41) is 11.1.